The first-order valence-corrected chi connectivity index (χ1v) is 9.01. The largest absolute Gasteiger partial charge is 0.392 e. The van der Waals surface area contributed by atoms with Gasteiger partial charge in [-0.25, -0.2) is 9.97 Å². The van der Waals surface area contributed by atoms with Gasteiger partial charge in [0.1, 0.15) is 0 Å². The number of imidazole rings is 1. The zero-order valence-corrected chi connectivity index (χ0v) is 15.5. The predicted molar refractivity (Wildman–Crippen MR) is 108 cm³/mol. The Morgan fingerprint density at radius 3 is 2.71 bits per heavy atom. The molecule has 4 rings (SSSR count). The van der Waals surface area contributed by atoms with E-state index in [1.54, 1.807) is 16.8 Å². The number of aryl methyl sites for hydroxylation is 1. The van der Waals surface area contributed by atoms with Gasteiger partial charge in [0.05, 0.1) is 18.7 Å². The van der Waals surface area contributed by atoms with Crippen molar-refractivity contribution in [1.82, 2.24) is 14.4 Å². The minimum atomic E-state index is -0.0709. The first-order valence-electron chi connectivity index (χ1n) is 9.01. The first-order chi connectivity index (χ1) is 13.6. The minimum Gasteiger partial charge on any atom is -0.392 e. The summed E-state index contributed by atoms with van der Waals surface area (Å²) in [6.45, 7) is 1.89. The number of fused-ring (bicyclic) bond motifs is 1. The Hall–Kier alpha value is -3.51. The topological polar surface area (TPSA) is 79.5 Å². The lowest BCUT2D eigenvalue weighted by molar-refractivity contribution is -0.115. The molecule has 140 valence electrons. The lowest BCUT2D eigenvalue weighted by atomic mass is 10.1. The van der Waals surface area contributed by atoms with E-state index in [4.69, 9.17) is 0 Å². The summed E-state index contributed by atoms with van der Waals surface area (Å²) < 4.78 is 1.79. The first kappa shape index (κ1) is 17.9. The van der Waals surface area contributed by atoms with Gasteiger partial charge >= 0.3 is 0 Å². The summed E-state index contributed by atoms with van der Waals surface area (Å²) in [6.07, 6.45) is 5.60. The molecule has 2 heterocycles. The maximum absolute atomic E-state index is 12.4. The normalized spacial score (nSPS) is 10.9. The molecule has 6 heteroatoms. The summed E-state index contributed by atoms with van der Waals surface area (Å²) in [5, 5.41) is 12.3. The Kier molecular flexibility index (Phi) is 4.87. The highest BCUT2D eigenvalue weighted by atomic mass is 16.3. The number of carbonyl (C=O) groups is 1. The van der Waals surface area contributed by atoms with Gasteiger partial charge in [-0.1, -0.05) is 42.5 Å². The lowest BCUT2D eigenvalue weighted by Crippen LogP contribution is -2.15. The summed E-state index contributed by atoms with van der Waals surface area (Å²) in [5.41, 5.74) is 5.07. The Labute approximate surface area is 162 Å². The zero-order valence-electron chi connectivity index (χ0n) is 15.5. The molecule has 0 spiro atoms. The van der Waals surface area contributed by atoms with Crippen LogP contribution in [0.5, 0.6) is 0 Å². The van der Waals surface area contributed by atoms with Crippen molar-refractivity contribution in [3.8, 4) is 11.3 Å². The highest BCUT2D eigenvalue weighted by Gasteiger charge is 2.10. The van der Waals surface area contributed by atoms with Crippen molar-refractivity contribution < 1.29 is 9.90 Å². The van der Waals surface area contributed by atoms with Crippen LogP contribution in [0.2, 0.25) is 0 Å². The molecule has 28 heavy (non-hydrogen) atoms. The average Bonchev–Trinajstić information content (AvgIpc) is 3.13. The van der Waals surface area contributed by atoms with Gasteiger partial charge in [-0.2, -0.15) is 0 Å². The molecule has 0 saturated carbocycles. The molecule has 0 aliphatic rings. The molecule has 2 aromatic carbocycles. The van der Waals surface area contributed by atoms with E-state index in [0.29, 0.717) is 17.8 Å². The van der Waals surface area contributed by atoms with Crippen LogP contribution in [0.1, 0.15) is 16.7 Å². The van der Waals surface area contributed by atoms with E-state index >= 15 is 0 Å². The third-order valence-electron chi connectivity index (χ3n) is 4.56. The van der Waals surface area contributed by atoms with Gasteiger partial charge in [0.25, 0.3) is 0 Å². The van der Waals surface area contributed by atoms with E-state index in [9.17, 15) is 9.90 Å². The number of anilines is 1. The van der Waals surface area contributed by atoms with Crippen LogP contribution in [0.4, 0.5) is 5.69 Å². The number of rotatable bonds is 5. The standard InChI is InChI=1S/C22H20N4O2/c1-15-7-8-18(20-13-26-12-17(14-27)11-23-22(26)25-20)10-19(15)24-21(28)9-16-5-3-2-4-6-16/h2-8,10-13,27H,9,14H2,1H3,(H,24,28). The van der Waals surface area contributed by atoms with Gasteiger partial charge in [-0.3, -0.25) is 9.20 Å². The fraction of sp³-hybridized carbons (Fsp3) is 0.136. The monoisotopic (exact) mass is 372 g/mol. The fourth-order valence-corrected chi connectivity index (χ4v) is 3.04. The number of hydrogen-bond acceptors (Lipinski definition) is 4. The molecule has 0 aliphatic carbocycles. The predicted octanol–water partition coefficient (Wildman–Crippen LogP) is 3.38. The zero-order chi connectivity index (χ0) is 19.5. The van der Waals surface area contributed by atoms with Crippen LogP contribution in [0.3, 0.4) is 0 Å². The highest BCUT2D eigenvalue weighted by Crippen LogP contribution is 2.25. The lowest BCUT2D eigenvalue weighted by Gasteiger charge is -2.10. The van der Waals surface area contributed by atoms with Crippen molar-refractivity contribution >= 4 is 17.4 Å². The van der Waals surface area contributed by atoms with Crippen LogP contribution >= 0.6 is 0 Å². The van der Waals surface area contributed by atoms with Crippen molar-refractivity contribution in [2.75, 3.05) is 5.32 Å². The molecular formula is C22H20N4O2. The molecule has 0 saturated heterocycles. The SMILES string of the molecule is Cc1ccc(-c2cn3cc(CO)cnc3n2)cc1NC(=O)Cc1ccccc1. The number of nitrogens with zero attached hydrogens (tertiary/aromatic N) is 3. The van der Waals surface area contributed by atoms with Gasteiger partial charge in [-0.05, 0) is 24.1 Å². The molecule has 0 aliphatic heterocycles. The van der Waals surface area contributed by atoms with Crippen molar-refractivity contribution in [2.24, 2.45) is 0 Å². The van der Waals surface area contributed by atoms with E-state index in [0.717, 1.165) is 28.1 Å². The minimum absolute atomic E-state index is 0.0595. The van der Waals surface area contributed by atoms with Gasteiger partial charge in [0, 0.05) is 35.4 Å². The summed E-state index contributed by atoms with van der Waals surface area (Å²) in [4.78, 5) is 21.2. The number of nitrogens with one attached hydrogen (secondary N) is 1. The van der Waals surface area contributed by atoms with Gasteiger partial charge in [0.2, 0.25) is 11.7 Å². The molecule has 0 unspecified atom stereocenters. The molecule has 1 amide bonds. The number of carbonyl (C=O) groups excluding carboxylic acids is 1. The number of aliphatic hydroxyl groups excluding tert-OH is 1. The van der Waals surface area contributed by atoms with Crippen molar-refractivity contribution in [2.45, 2.75) is 20.0 Å². The van der Waals surface area contributed by atoms with Crippen LogP contribution in [0.25, 0.3) is 17.0 Å². The molecule has 0 fully saturated rings. The van der Waals surface area contributed by atoms with Gasteiger partial charge in [0.15, 0.2) is 0 Å². The molecular weight excluding hydrogens is 352 g/mol. The number of aliphatic hydroxyl groups is 1. The molecule has 0 radical (unpaired) electrons. The second-order valence-corrected chi connectivity index (χ2v) is 6.69. The molecule has 6 nitrogen and oxygen atoms in total. The van der Waals surface area contributed by atoms with Crippen LogP contribution in [-0.2, 0) is 17.8 Å². The van der Waals surface area contributed by atoms with Crippen molar-refractivity contribution in [3.63, 3.8) is 0 Å². The third kappa shape index (κ3) is 3.77. The summed E-state index contributed by atoms with van der Waals surface area (Å²) in [6, 6.07) is 15.5. The van der Waals surface area contributed by atoms with Gasteiger partial charge < -0.3 is 10.4 Å². The second kappa shape index (κ2) is 7.62. The summed E-state index contributed by atoms with van der Waals surface area (Å²) >= 11 is 0. The summed E-state index contributed by atoms with van der Waals surface area (Å²) in [7, 11) is 0. The Morgan fingerprint density at radius 1 is 1.11 bits per heavy atom. The number of benzene rings is 2. The van der Waals surface area contributed by atoms with E-state index in [1.807, 2.05) is 61.7 Å². The van der Waals surface area contributed by atoms with Crippen LogP contribution < -0.4 is 5.32 Å². The van der Waals surface area contributed by atoms with Crippen molar-refractivity contribution in [1.29, 1.82) is 0 Å². The molecule has 2 aromatic heterocycles. The average molecular weight is 372 g/mol. The number of aromatic nitrogens is 3. The molecule has 0 atom stereocenters. The summed E-state index contributed by atoms with van der Waals surface area (Å²) in [5.74, 6) is 0.498. The fourth-order valence-electron chi connectivity index (χ4n) is 3.04. The Bertz CT molecular complexity index is 1140. The number of hydrogen-bond donors (Lipinski definition) is 2. The maximum atomic E-state index is 12.4. The second-order valence-electron chi connectivity index (χ2n) is 6.69. The Balaban J connectivity index is 1.59. The van der Waals surface area contributed by atoms with Crippen molar-refractivity contribution in [3.05, 3.63) is 83.8 Å². The Morgan fingerprint density at radius 2 is 1.93 bits per heavy atom. The van der Waals surface area contributed by atoms with Gasteiger partial charge in [-0.15, -0.1) is 0 Å². The maximum Gasteiger partial charge on any atom is 0.234 e. The van der Waals surface area contributed by atoms with E-state index in [2.05, 4.69) is 15.3 Å². The van der Waals surface area contributed by atoms with Crippen LogP contribution in [0, 0.1) is 6.92 Å². The quantitative estimate of drug-likeness (QED) is 0.563. The van der Waals surface area contributed by atoms with E-state index in [-0.39, 0.29) is 12.5 Å². The van der Waals surface area contributed by atoms with E-state index < -0.39 is 0 Å². The molecule has 2 N–H and O–H groups in total. The third-order valence-corrected chi connectivity index (χ3v) is 4.56. The molecule has 4 aromatic rings. The van der Waals surface area contributed by atoms with E-state index in [1.165, 1.54) is 0 Å². The van der Waals surface area contributed by atoms with Crippen LogP contribution in [-0.4, -0.2) is 25.4 Å². The number of amides is 1. The highest BCUT2D eigenvalue weighted by molar-refractivity contribution is 5.93. The smallest absolute Gasteiger partial charge is 0.234 e. The van der Waals surface area contributed by atoms with Crippen LogP contribution in [0.15, 0.2) is 67.1 Å². The molecule has 0 bridgehead atoms.